The van der Waals surface area contributed by atoms with Crippen LogP contribution < -0.4 is 10.1 Å². The van der Waals surface area contributed by atoms with Gasteiger partial charge in [-0.25, -0.2) is 0 Å². The van der Waals surface area contributed by atoms with Gasteiger partial charge in [0.15, 0.2) is 0 Å². The molecule has 2 aromatic carbocycles. The molecule has 0 aliphatic heterocycles. The third kappa shape index (κ3) is 3.70. The van der Waals surface area contributed by atoms with Crippen LogP contribution in [0.3, 0.4) is 0 Å². The molecule has 4 heteroatoms. The molecule has 0 saturated carbocycles. The maximum absolute atomic E-state index is 12.4. The molecule has 1 aromatic heterocycles. The molecule has 0 unspecified atom stereocenters. The van der Waals surface area contributed by atoms with Crippen molar-refractivity contribution in [1.82, 2.24) is 5.32 Å². The van der Waals surface area contributed by atoms with E-state index in [9.17, 15) is 4.79 Å². The van der Waals surface area contributed by atoms with Gasteiger partial charge in [0.1, 0.15) is 11.3 Å². The van der Waals surface area contributed by atoms with Crippen LogP contribution in [0.25, 0.3) is 11.0 Å². The van der Waals surface area contributed by atoms with Crippen molar-refractivity contribution in [2.24, 2.45) is 0 Å². The number of amides is 1. The molecule has 0 fully saturated rings. The minimum absolute atomic E-state index is 0.0184. The van der Waals surface area contributed by atoms with E-state index in [-0.39, 0.29) is 5.91 Å². The van der Waals surface area contributed by atoms with Gasteiger partial charge in [0.05, 0.1) is 19.8 Å². The number of rotatable bonds is 6. The standard InChI is InChI=1S/C23H25NO3/c1-15-6-7-21(26-2)18(10-15)8-9-24-23(25)13-19-14-27-22-12-17-5-3-4-16(17)11-20(19)22/h6-7,10-12,14H,3-5,8-9,13H2,1-2H3,(H,24,25). The van der Waals surface area contributed by atoms with E-state index in [1.807, 2.05) is 12.1 Å². The zero-order valence-electron chi connectivity index (χ0n) is 15.9. The molecule has 0 spiro atoms. The molecule has 0 saturated heterocycles. The number of ether oxygens (including phenoxy) is 1. The summed E-state index contributed by atoms with van der Waals surface area (Å²) in [7, 11) is 1.67. The zero-order valence-corrected chi connectivity index (χ0v) is 15.9. The van der Waals surface area contributed by atoms with Crippen LogP contribution in [-0.4, -0.2) is 19.6 Å². The molecule has 4 rings (SSSR count). The Balaban J connectivity index is 1.39. The first-order chi connectivity index (χ1) is 13.1. The van der Waals surface area contributed by atoms with Crippen molar-refractivity contribution in [1.29, 1.82) is 0 Å². The lowest BCUT2D eigenvalue weighted by atomic mass is 10.0. The summed E-state index contributed by atoms with van der Waals surface area (Å²) in [5.41, 5.74) is 6.95. The predicted octanol–water partition coefficient (Wildman–Crippen LogP) is 4.14. The van der Waals surface area contributed by atoms with Crippen molar-refractivity contribution in [2.45, 2.75) is 39.0 Å². The van der Waals surface area contributed by atoms with Gasteiger partial charge in [-0.2, -0.15) is 0 Å². The smallest absolute Gasteiger partial charge is 0.224 e. The number of methoxy groups -OCH3 is 1. The minimum atomic E-state index is 0.0184. The van der Waals surface area contributed by atoms with Gasteiger partial charge in [0.25, 0.3) is 0 Å². The SMILES string of the molecule is COc1ccc(C)cc1CCNC(=O)Cc1coc2cc3c(cc12)CCC3. The van der Waals surface area contributed by atoms with Crippen LogP contribution in [0.4, 0.5) is 0 Å². The summed E-state index contributed by atoms with van der Waals surface area (Å²) in [4.78, 5) is 12.4. The molecule has 1 aliphatic rings. The number of benzene rings is 2. The number of nitrogens with one attached hydrogen (secondary N) is 1. The van der Waals surface area contributed by atoms with E-state index in [4.69, 9.17) is 9.15 Å². The van der Waals surface area contributed by atoms with E-state index in [1.165, 1.54) is 23.1 Å². The van der Waals surface area contributed by atoms with Gasteiger partial charge in [0.2, 0.25) is 5.91 Å². The van der Waals surface area contributed by atoms with Crippen molar-refractivity contribution in [3.63, 3.8) is 0 Å². The van der Waals surface area contributed by atoms with Gasteiger partial charge in [-0.05, 0) is 67.5 Å². The maximum Gasteiger partial charge on any atom is 0.224 e. The molecule has 3 aromatic rings. The average Bonchev–Trinajstić information content (AvgIpc) is 3.27. The van der Waals surface area contributed by atoms with E-state index < -0.39 is 0 Å². The third-order valence-electron chi connectivity index (χ3n) is 5.37. The van der Waals surface area contributed by atoms with Gasteiger partial charge in [-0.3, -0.25) is 4.79 Å². The Morgan fingerprint density at radius 3 is 2.78 bits per heavy atom. The van der Waals surface area contributed by atoms with Crippen molar-refractivity contribution >= 4 is 16.9 Å². The number of furan rings is 1. The van der Waals surface area contributed by atoms with Crippen LogP contribution >= 0.6 is 0 Å². The molecule has 1 N–H and O–H groups in total. The second-order valence-electron chi connectivity index (χ2n) is 7.32. The lowest BCUT2D eigenvalue weighted by Crippen LogP contribution is -2.27. The fourth-order valence-corrected chi connectivity index (χ4v) is 3.96. The van der Waals surface area contributed by atoms with Crippen molar-refractivity contribution in [3.05, 3.63) is 64.4 Å². The lowest BCUT2D eigenvalue weighted by molar-refractivity contribution is -0.120. The molecular weight excluding hydrogens is 338 g/mol. The van der Waals surface area contributed by atoms with Crippen LogP contribution in [-0.2, 0) is 30.5 Å². The average molecular weight is 363 g/mol. The number of carbonyl (C=O) groups excluding carboxylic acids is 1. The first kappa shape index (κ1) is 17.7. The minimum Gasteiger partial charge on any atom is -0.496 e. The summed E-state index contributed by atoms with van der Waals surface area (Å²) in [5, 5.41) is 4.10. The molecule has 140 valence electrons. The lowest BCUT2D eigenvalue weighted by Gasteiger charge is -2.10. The number of hydrogen-bond donors (Lipinski definition) is 1. The monoisotopic (exact) mass is 363 g/mol. The summed E-state index contributed by atoms with van der Waals surface area (Å²) < 4.78 is 11.1. The molecule has 1 amide bonds. The van der Waals surface area contributed by atoms with Crippen molar-refractivity contribution in [3.8, 4) is 5.75 Å². The van der Waals surface area contributed by atoms with E-state index in [0.717, 1.165) is 47.1 Å². The normalized spacial score (nSPS) is 13.0. The molecule has 0 radical (unpaired) electrons. The Hall–Kier alpha value is -2.75. The summed E-state index contributed by atoms with van der Waals surface area (Å²) in [6.45, 7) is 2.64. The predicted molar refractivity (Wildman–Crippen MR) is 106 cm³/mol. The van der Waals surface area contributed by atoms with Gasteiger partial charge >= 0.3 is 0 Å². The van der Waals surface area contributed by atoms with Crippen LogP contribution in [0.2, 0.25) is 0 Å². The van der Waals surface area contributed by atoms with E-state index in [0.29, 0.717) is 13.0 Å². The Bertz CT molecular complexity index is 987. The molecule has 0 atom stereocenters. The van der Waals surface area contributed by atoms with Gasteiger partial charge in [0, 0.05) is 17.5 Å². The van der Waals surface area contributed by atoms with Crippen LogP contribution in [0, 0.1) is 6.92 Å². The van der Waals surface area contributed by atoms with E-state index in [1.54, 1.807) is 13.4 Å². The molecule has 0 bridgehead atoms. The number of fused-ring (bicyclic) bond motifs is 2. The highest BCUT2D eigenvalue weighted by Crippen LogP contribution is 2.30. The fourth-order valence-electron chi connectivity index (χ4n) is 3.96. The molecule has 1 aliphatic carbocycles. The van der Waals surface area contributed by atoms with Crippen LogP contribution in [0.1, 0.15) is 34.2 Å². The Morgan fingerprint density at radius 2 is 1.96 bits per heavy atom. The van der Waals surface area contributed by atoms with E-state index >= 15 is 0 Å². The second kappa shape index (κ2) is 7.47. The molecule has 4 nitrogen and oxygen atoms in total. The van der Waals surface area contributed by atoms with E-state index in [2.05, 4.69) is 30.4 Å². The highest BCUT2D eigenvalue weighted by Gasteiger charge is 2.16. The Morgan fingerprint density at radius 1 is 1.15 bits per heavy atom. The quantitative estimate of drug-likeness (QED) is 0.716. The van der Waals surface area contributed by atoms with Crippen molar-refractivity contribution < 1.29 is 13.9 Å². The van der Waals surface area contributed by atoms with Crippen LogP contribution in [0.5, 0.6) is 5.75 Å². The van der Waals surface area contributed by atoms with Gasteiger partial charge in [-0.1, -0.05) is 17.7 Å². The number of aryl methyl sites for hydroxylation is 3. The maximum atomic E-state index is 12.4. The summed E-state index contributed by atoms with van der Waals surface area (Å²) >= 11 is 0. The first-order valence-electron chi connectivity index (χ1n) is 9.56. The number of carbonyl (C=O) groups is 1. The summed E-state index contributed by atoms with van der Waals surface area (Å²) in [6, 6.07) is 10.5. The fraction of sp³-hybridized carbons (Fsp3) is 0.348. The first-order valence-corrected chi connectivity index (χ1v) is 9.56. The highest BCUT2D eigenvalue weighted by molar-refractivity contribution is 5.88. The van der Waals surface area contributed by atoms with Crippen molar-refractivity contribution in [2.75, 3.05) is 13.7 Å². The van der Waals surface area contributed by atoms with Crippen LogP contribution in [0.15, 0.2) is 41.0 Å². The third-order valence-corrected chi connectivity index (χ3v) is 5.37. The molecule has 1 heterocycles. The largest absolute Gasteiger partial charge is 0.496 e. The number of hydrogen-bond acceptors (Lipinski definition) is 3. The summed E-state index contributed by atoms with van der Waals surface area (Å²) in [6.07, 6.45) is 6.28. The van der Waals surface area contributed by atoms with Gasteiger partial charge in [-0.15, -0.1) is 0 Å². The topological polar surface area (TPSA) is 51.5 Å². The Labute approximate surface area is 159 Å². The van der Waals surface area contributed by atoms with Gasteiger partial charge < -0.3 is 14.5 Å². The highest BCUT2D eigenvalue weighted by atomic mass is 16.5. The summed E-state index contributed by atoms with van der Waals surface area (Å²) in [5.74, 6) is 0.884. The molecular formula is C23H25NO3. The zero-order chi connectivity index (χ0) is 18.8. The second-order valence-corrected chi connectivity index (χ2v) is 7.32. The molecule has 27 heavy (non-hydrogen) atoms. The Kier molecular flexibility index (Phi) is 4.88.